The number of carbonyl (C=O) groups is 18. The molecule has 1 unspecified atom stereocenters. The number of rotatable bonds is 40. The number of carbonyl (C=O) groups excluding carboxylic acids is 16. The molecule has 3 fully saturated rings. The Morgan fingerprint density at radius 3 is 1.61 bits per heavy atom. The molecule has 770 valence electrons. The summed E-state index contributed by atoms with van der Waals surface area (Å²) in [5.41, 5.74) is 7.53. The van der Waals surface area contributed by atoms with Gasteiger partial charge in [0.25, 0.3) is 0 Å². The number of amides is 15. The molecule has 3 aromatic carbocycles. The van der Waals surface area contributed by atoms with Crippen molar-refractivity contribution in [3.05, 3.63) is 126 Å². The first-order valence-corrected chi connectivity index (χ1v) is 50.6. The second-order valence-electron chi connectivity index (χ2n) is 36.3. The Kier molecular flexibility index (Phi) is 46.6. The van der Waals surface area contributed by atoms with E-state index in [1.807, 2.05) is 11.8 Å². The van der Waals surface area contributed by atoms with Crippen molar-refractivity contribution >= 4 is 140 Å². The number of aliphatic carboxylic acids is 2. The van der Waals surface area contributed by atoms with Gasteiger partial charge in [0.15, 0.2) is 0 Å². The van der Waals surface area contributed by atoms with E-state index in [4.69, 9.17) is 15.2 Å². The van der Waals surface area contributed by atoms with E-state index in [1.165, 1.54) is 68.0 Å². The van der Waals surface area contributed by atoms with Gasteiger partial charge in [-0.2, -0.15) is 11.8 Å². The number of hydrogen-bond acceptors (Lipinski definition) is 28. The molecular weight excluding hydrogens is 1890 g/mol. The maximum absolute atomic E-state index is 15.1. The van der Waals surface area contributed by atoms with Crippen molar-refractivity contribution in [2.24, 2.45) is 29.4 Å². The number of ketones is 1. The smallest absolute Gasteiger partial charge is 0.326 e. The van der Waals surface area contributed by atoms with Crippen molar-refractivity contribution in [1.29, 1.82) is 0 Å². The highest BCUT2D eigenvalue weighted by molar-refractivity contribution is 8.76. The Morgan fingerprint density at radius 2 is 1.05 bits per heavy atom. The van der Waals surface area contributed by atoms with Gasteiger partial charge in [0.05, 0.1) is 44.7 Å². The van der Waals surface area contributed by atoms with Gasteiger partial charge in [-0.05, 0) is 129 Å². The van der Waals surface area contributed by atoms with Crippen molar-refractivity contribution in [3.8, 4) is 11.5 Å². The number of nitrogens with one attached hydrogen (secondary N) is 15. The summed E-state index contributed by atoms with van der Waals surface area (Å²) in [6.07, 6.45) is 4.73. The van der Waals surface area contributed by atoms with E-state index in [2.05, 4.69) is 94.7 Å². The summed E-state index contributed by atoms with van der Waals surface area (Å²) in [6, 6.07) is -3.19. The number of nitrogens with zero attached hydrogens (tertiary/aromatic N) is 4. The maximum atomic E-state index is 15.1. The molecule has 0 spiro atoms. The minimum Gasteiger partial charge on any atom is -0.508 e. The Balaban J connectivity index is 1.12. The van der Waals surface area contributed by atoms with Gasteiger partial charge >= 0.3 is 11.9 Å². The third kappa shape index (κ3) is 39.3. The number of Topliss-reactive ketones (excluding diaryl/α,β-unsaturated/α-hetero) is 1. The second kappa shape index (κ2) is 57.8. The third-order valence-electron chi connectivity index (χ3n) is 23.4. The number of aromatic nitrogens is 5. The molecule has 44 nitrogen and oxygen atoms in total. The predicted molar refractivity (Wildman–Crippen MR) is 518 cm³/mol. The SMILES string of the molecule is Cc1cn(CCCC[C@H](NC(=O)[C@@H]2CSSC[C@H](NC(=O)CCOCCOCCCC(=O)CCCCC3SC[C@H]4CC(=O)N[C@@H]34)C(=O)N[C@@H](C(C)C)C(=O)N[C@@H](Cc3ccccc3)C(=O)N[C@@H](C)C(=O)N[C@@H](Cc3cnc[nH]3)C(=O)N[C@@H](CC(N)=O)C(=O)N[C@@H](Cc3ccc(O)cc3)C(=O)N[C@@H](CC(=O)O)C(=O)N[C@@H](Cc3ccc(O)cc3)C(=O)N[C@@H](CC(C)C)C(=O)N[C@@H](C(C)C)C(=O)N2)C(=O)O)nn1. The van der Waals surface area contributed by atoms with E-state index in [9.17, 15) is 82.8 Å². The van der Waals surface area contributed by atoms with Gasteiger partial charge in [0.2, 0.25) is 88.6 Å². The van der Waals surface area contributed by atoms with Crippen LogP contribution in [0.4, 0.5) is 0 Å². The van der Waals surface area contributed by atoms with Gasteiger partial charge in [0.1, 0.15) is 95.8 Å². The average molecular weight is 2020 g/mol. The fraction of sp³-hybridized carbons (Fsp3) is 0.564. The molecule has 0 saturated carbocycles. The number of nitrogens with two attached hydrogens (primary N) is 1. The normalized spacial score (nSPS) is 23.6. The highest BCUT2D eigenvalue weighted by Crippen LogP contribution is 2.40. The van der Waals surface area contributed by atoms with Crippen LogP contribution in [0.25, 0.3) is 0 Å². The molecular formula is C94H132N20O24S3. The topological polar surface area (TPSA) is 660 Å². The van der Waals surface area contributed by atoms with Crippen molar-refractivity contribution < 1.29 is 116 Å². The average Bonchev–Trinajstić information content (AvgIpc) is 1.69. The number of H-pyrrole nitrogens is 1. The number of benzene rings is 3. The first-order chi connectivity index (χ1) is 67.1. The zero-order chi connectivity index (χ0) is 103. The number of fused-ring (bicyclic) bond motifs is 1. The van der Waals surface area contributed by atoms with Crippen molar-refractivity contribution in [2.45, 2.75) is 267 Å². The summed E-state index contributed by atoms with van der Waals surface area (Å²) >= 11 is 1.88. The van der Waals surface area contributed by atoms with Crippen molar-refractivity contribution in [1.82, 2.24) is 99.4 Å². The number of aryl methyl sites for hydroxylation is 2. The summed E-state index contributed by atoms with van der Waals surface area (Å²) in [4.78, 5) is 264. The number of aromatic hydroxyl groups is 2. The number of primary amides is 1. The molecule has 3 saturated heterocycles. The van der Waals surface area contributed by atoms with Crippen LogP contribution in [0, 0.1) is 30.6 Å². The molecule has 3 aliphatic heterocycles. The number of ether oxygens (including phenoxy) is 2. The zero-order valence-corrected chi connectivity index (χ0v) is 82.6. The molecule has 2 aromatic heterocycles. The number of phenols is 2. The summed E-state index contributed by atoms with van der Waals surface area (Å²) in [5, 5.41) is 86.4. The van der Waals surface area contributed by atoms with Crippen LogP contribution in [-0.2, 0) is 128 Å². The van der Waals surface area contributed by atoms with Crippen LogP contribution in [-0.4, -0.2) is 285 Å². The quantitative estimate of drug-likeness (QED) is 0.0186. The van der Waals surface area contributed by atoms with E-state index >= 15 is 24.0 Å². The molecule has 16 atom stereocenters. The van der Waals surface area contributed by atoms with Gasteiger partial charge in [-0.25, -0.2) is 9.78 Å². The van der Waals surface area contributed by atoms with Crippen molar-refractivity contribution in [3.63, 3.8) is 0 Å². The molecule has 0 radical (unpaired) electrons. The Morgan fingerprint density at radius 1 is 0.532 bits per heavy atom. The van der Waals surface area contributed by atoms with Crippen LogP contribution < -0.4 is 80.2 Å². The molecule has 5 heterocycles. The summed E-state index contributed by atoms with van der Waals surface area (Å²) in [5.74, 6) is -19.9. The molecule has 47 heteroatoms. The Hall–Kier alpha value is -12.8. The van der Waals surface area contributed by atoms with E-state index < -0.39 is 229 Å². The molecule has 5 aromatic rings. The van der Waals surface area contributed by atoms with Gasteiger partial charge in [0, 0.05) is 105 Å². The predicted octanol–water partition coefficient (Wildman–Crippen LogP) is 0.325. The molecule has 0 bridgehead atoms. The number of phenolic OH excluding ortho intramolecular Hbond substituents is 2. The van der Waals surface area contributed by atoms with Crippen LogP contribution in [0.5, 0.6) is 11.5 Å². The van der Waals surface area contributed by atoms with Crippen LogP contribution in [0.15, 0.2) is 97.6 Å². The number of hydrogen-bond donors (Lipinski definition) is 20. The molecule has 141 heavy (non-hydrogen) atoms. The molecule has 21 N–H and O–H groups in total. The number of imidazole rings is 1. The van der Waals surface area contributed by atoms with Crippen LogP contribution in [0.3, 0.4) is 0 Å². The fourth-order valence-corrected chi connectivity index (χ4v) is 19.7. The summed E-state index contributed by atoms with van der Waals surface area (Å²) in [7, 11) is 1.77. The first kappa shape index (κ1) is 114. The lowest BCUT2D eigenvalue weighted by Gasteiger charge is -2.29. The molecule has 3 aliphatic rings. The first-order valence-electron chi connectivity index (χ1n) is 47.1. The van der Waals surface area contributed by atoms with Gasteiger partial charge in [-0.3, -0.25) is 86.2 Å². The van der Waals surface area contributed by atoms with E-state index in [1.54, 1.807) is 89.7 Å². The van der Waals surface area contributed by atoms with E-state index in [-0.39, 0.29) is 110 Å². The number of carboxylic acids is 2. The number of carboxylic acid groups (broad SMARTS) is 2. The lowest BCUT2D eigenvalue weighted by atomic mass is 9.97. The van der Waals surface area contributed by atoms with Crippen LogP contribution >= 0.6 is 33.3 Å². The fourth-order valence-electron chi connectivity index (χ4n) is 15.7. The maximum Gasteiger partial charge on any atom is 0.326 e. The van der Waals surface area contributed by atoms with Gasteiger partial charge in [-0.15, -0.1) is 5.10 Å². The largest absolute Gasteiger partial charge is 0.508 e. The summed E-state index contributed by atoms with van der Waals surface area (Å²) < 4.78 is 13.1. The lowest BCUT2D eigenvalue weighted by molar-refractivity contribution is -0.142. The minimum absolute atomic E-state index is 0.0298. The standard InChI is InChI=1S/C94H132N20O24S3/c1-51(2)37-65-89(130)110-80(53(5)6)93(134)108-73(90(131)100-64(94(135)136)21-14-15-32-114-46-54(7)112-113-114)49-141-140-48-72(99-76(119)31-34-138-36-35-137-33-16-20-61(115)19-12-13-22-74-81-59(47-139-74)41-77(120)109-81)91(132)111-79(52(3)4)92(133)107-66(38-56-17-10-9-11-18-56)83(124)98-55(8)82(123)101-69(42-60-45-96-50-97-60)86(127)105-70(43-75(95)118)87(128)103-68(40-58-25-29-63(117)30-26-58)85(126)106-71(44-78(121)122)88(129)104-67(84(125)102-65)39-57-23-27-62(116)28-24-57/h9-11,17-18,23-30,45-46,50-53,55,59,64-74,79-81,116-117H,12-16,19-22,31-44,47-49H2,1-8H3,(H2,95,118)(H,96,97)(H,98,124)(H,99,119)(H,100,131)(H,101,123)(H,102,125)(H,103,128)(H,104,129)(H,105,127)(H,106,126)(H,107,133)(H,108,134)(H,109,120)(H,110,130)(H,111,132)(H,121,122)(H,135,136)/t55-,59+,64-,65-,66-,67-,68-,69-,70-,71-,72-,73-,74?,79-,80-,81+/m0/s1. The van der Waals surface area contributed by atoms with Crippen LogP contribution in [0.1, 0.15) is 166 Å². The molecule has 8 rings (SSSR count). The van der Waals surface area contributed by atoms with E-state index in [0.717, 1.165) is 46.6 Å². The number of unbranched alkanes of at least 4 members (excludes halogenated alkanes) is 2. The Bertz CT molecular complexity index is 5060. The third-order valence-corrected chi connectivity index (χ3v) is 27.4. The van der Waals surface area contributed by atoms with Gasteiger partial charge in [-0.1, -0.05) is 129 Å². The van der Waals surface area contributed by atoms with E-state index in [0.29, 0.717) is 61.1 Å². The zero-order valence-electron chi connectivity index (χ0n) is 80.1. The highest BCUT2D eigenvalue weighted by atomic mass is 33.1. The number of thioether (sulfide) groups is 1. The monoisotopic (exact) mass is 2020 g/mol. The molecule has 15 amide bonds. The summed E-state index contributed by atoms with van der Waals surface area (Å²) in [6.45, 7) is 13.1. The molecule has 0 aliphatic carbocycles. The van der Waals surface area contributed by atoms with Crippen molar-refractivity contribution in [2.75, 3.05) is 43.7 Å². The second-order valence-corrected chi connectivity index (χ2v) is 40.1. The van der Waals surface area contributed by atoms with Crippen LogP contribution in [0.2, 0.25) is 0 Å². The van der Waals surface area contributed by atoms with Gasteiger partial charge < -0.3 is 115 Å². The minimum atomic E-state index is -2.13. The number of aromatic amines is 1. The lowest BCUT2D eigenvalue weighted by Crippen LogP contribution is -2.62. The Labute approximate surface area is 828 Å². The highest BCUT2D eigenvalue weighted by Gasteiger charge is 2.44.